The fourth-order valence-corrected chi connectivity index (χ4v) is 1.88. The lowest BCUT2D eigenvalue weighted by atomic mass is 9.98. The first-order valence-corrected chi connectivity index (χ1v) is 7.12. The SMILES string of the molecule is CC(C)CC(C)C(N)=O.CNC(=O)C(C)CC(C)C. The van der Waals surface area contributed by atoms with Crippen molar-refractivity contribution in [3.63, 3.8) is 0 Å². The fraction of sp³-hybridized carbons (Fsp3) is 0.867. The zero-order valence-corrected chi connectivity index (χ0v) is 13.6. The second-order valence-corrected chi connectivity index (χ2v) is 6.08. The van der Waals surface area contributed by atoms with Crippen molar-refractivity contribution in [2.45, 2.75) is 54.4 Å². The molecule has 0 aliphatic heterocycles. The van der Waals surface area contributed by atoms with Crippen LogP contribution in [-0.2, 0) is 9.59 Å². The molecule has 2 amide bonds. The summed E-state index contributed by atoms with van der Waals surface area (Å²) in [6.45, 7) is 12.2. The van der Waals surface area contributed by atoms with E-state index < -0.39 is 0 Å². The molecule has 0 aromatic carbocycles. The molecule has 0 saturated carbocycles. The Kier molecular flexibility index (Phi) is 11.5. The Hall–Kier alpha value is -1.06. The molecule has 0 saturated heterocycles. The van der Waals surface area contributed by atoms with Gasteiger partial charge in [0.1, 0.15) is 0 Å². The summed E-state index contributed by atoms with van der Waals surface area (Å²) in [5.74, 6) is 1.31. The van der Waals surface area contributed by atoms with E-state index in [-0.39, 0.29) is 23.7 Å². The van der Waals surface area contributed by atoms with Crippen molar-refractivity contribution in [1.82, 2.24) is 5.32 Å². The van der Waals surface area contributed by atoms with Crippen molar-refractivity contribution in [2.24, 2.45) is 29.4 Å². The number of carbonyl (C=O) groups excluding carboxylic acids is 2. The summed E-state index contributed by atoms with van der Waals surface area (Å²) >= 11 is 0. The van der Waals surface area contributed by atoms with Gasteiger partial charge < -0.3 is 11.1 Å². The van der Waals surface area contributed by atoms with Crippen molar-refractivity contribution in [1.29, 1.82) is 0 Å². The van der Waals surface area contributed by atoms with Crippen molar-refractivity contribution in [2.75, 3.05) is 7.05 Å². The van der Waals surface area contributed by atoms with Crippen LogP contribution in [0.25, 0.3) is 0 Å². The van der Waals surface area contributed by atoms with Crippen molar-refractivity contribution in [3.05, 3.63) is 0 Å². The lowest BCUT2D eigenvalue weighted by molar-refractivity contribution is -0.124. The Labute approximate surface area is 118 Å². The number of carbonyl (C=O) groups is 2. The number of nitrogens with two attached hydrogens (primary N) is 1. The Morgan fingerprint density at radius 2 is 1.26 bits per heavy atom. The highest BCUT2D eigenvalue weighted by atomic mass is 16.2. The highest BCUT2D eigenvalue weighted by Crippen LogP contribution is 2.10. The summed E-state index contributed by atoms with van der Waals surface area (Å²) in [5, 5.41) is 2.63. The van der Waals surface area contributed by atoms with E-state index in [0.29, 0.717) is 11.8 Å². The number of nitrogens with one attached hydrogen (secondary N) is 1. The molecule has 0 rings (SSSR count). The van der Waals surface area contributed by atoms with Crippen molar-refractivity contribution >= 4 is 11.8 Å². The fourth-order valence-electron chi connectivity index (χ4n) is 1.88. The molecule has 0 radical (unpaired) electrons. The predicted molar refractivity (Wildman–Crippen MR) is 80.5 cm³/mol. The van der Waals surface area contributed by atoms with Gasteiger partial charge in [-0.25, -0.2) is 0 Å². The Morgan fingerprint density at radius 1 is 0.895 bits per heavy atom. The molecule has 4 heteroatoms. The summed E-state index contributed by atoms with van der Waals surface area (Å²) in [6.07, 6.45) is 1.87. The molecule has 0 bridgehead atoms. The van der Waals surface area contributed by atoms with Gasteiger partial charge in [-0.15, -0.1) is 0 Å². The normalized spacial score (nSPS) is 13.5. The van der Waals surface area contributed by atoms with Gasteiger partial charge in [0.25, 0.3) is 0 Å². The van der Waals surface area contributed by atoms with Crippen LogP contribution < -0.4 is 11.1 Å². The minimum absolute atomic E-state index is 0.0324. The van der Waals surface area contributed by atoms with E-state index in [4.69, 9.17) is 5.73 Å². The number of hydrogen-bond donors (Lipinski definition) is 2. The second kappa shape index (κ2) is 10.8. The van der Waals surface area contributed by atoms with Crippen LogP contribution in [0, 0.1) is 23.7 Å². The van der Waals surface area contributed by atoms with E-state index in [1.165, 1.54) is 0 Å². The summed E-state index contributed by atoms with van der Waals surface area (Å²) < 4.78 is 0. The Morgan fingerprint density at radius 3 is 1.47 bits per heavy atom. The van der Waals surface area contributed by atoms with Gasteiger partial charge in [-0.2, -0.15) is 0 Å². The first kappa shape index (κ1) is 20.3. The van der Waals surface area contributed by atoms with Crippen molar-refractivity contribution < 1.29 is 9.59 Å². The summed E-state index contributed by atoms with van der Waals surface area (Å²) in [7, 11) is 1.68. The minimum atomic E-state index is -0.191. The lowest BCUT2D eigenvalue weighted by Gasteiger charge is -2.11. The first-order valence-electron chi connectivity index (χ1n) is 7.12. The zero-order valence-electron chi connectivity index (χ0n) is 13.6. The van der Waals surface area contributed by atoms with Gasteiger partial charge in [0, 0.05) is 18.9 Å². The topological polar surface area (TPSA) is 72.2 Å². The molecule has 0 aromatic heterocycles. The van der Waals surface area contributed by atoms with Gasteiger partial charge in [-0.1, -0.05) is 41.5 Å². The largest absolute Gasteiger partial charge is 0.369 e. The molecule has 2 atom stereocenters. The summed E-state index contributed by atoms with van der Waals surface area (Å²) in [4.78, 5) is 21.4. The van der Waals surface area contributed by atoms with E-state index in [1.807, 2.05) is 13.8 Å². The molecule has 19 heavy (non-hydrogen) atoms. The predicted octanol–water partition coefficient (Wildman–Crippen LogP) is 2.57. The van der Waals surface area contributed by atoms with Crippen LogP contribution in [-0.4, -0.2) is 18.9 Å². The van der Waals surface area contributed by atoms with Crippen LogP contribution in [0.4, 0.5) is 0 Å². The van der Waals surface area contributed by atoms with Crippen LogP contribution in [0.2, 0.25) is 0 Å². The molecule has 0 aliphatic carbocycles. The van der Waals surface area contributed by atoms with E-state index in [1.54, 1.807) is 7.05 Å². The minimum Gasteiger partial charge on any atom is -0.369 e. The van der Waals surface area contributed by atoms with Gasteiger partial charge in [-0.05, 0) is 24.7 Å². The summed E-state index contributed by atoms with van der Waals surface area (Å²) in [5.41, 5.74) is 5.05. The maximum Gasteiger partial charge on any atom is 0.222 e. The molecule has 0 heterocycles. The third-order valence-electron chi connectivity index (χ3n) is 2.83. The van der Waals surface area contributed by atoms with Crippen LogP contribution in [0.5, 0.6) is 0 Å². The van der Waals surface area contributed by atoms with E-state index in [0.717, 1.165) is 12.8 Å². The number of rotatable bonds is 6. The Balaban J connectivity index is 0. The molecule has 0 aliphatic rings. The molecule has 0 fully saturated rings. The highest BCUT2D eigenvalue weighted by Gasteiger charge is 2.11. The van der Waals surface area contributed by atoms with Gasteiger partial charge >= 0.3 is 0 Å². The smallest absolute Gasteiger partial charge is 0.222 e. The maximum absolute atomic E-state index is 10.9. The lowest BCUT2D eigenvalue weighted by Crippen LogP contribution is -2.26. The second-order valence-electron chi connectivity index (χ2n) is 6.08. The quantitative estimate of drug-likeness (QED) is 0.780. The average Bonchev–Trinajstić information content (AvgIpc) is 2.26. The monoisotopic (exact) mass is 272 g/mol. The highest BCUT2D eigenvalue weighted by molar-refractivity contribution is 5.77. The van der Waals surface area contributed by atoms with Gasteiger partial charge in [0.15, 0.2) is 0 Å². The zero-order chi connectivity index (χ0) is 15.6. The maximum atomic E-state index is 10.9. The van der Waals surface area contributed by atoms with Crippen molar-refractivity contribution in [3.8, 4) is 0 Å². The van der Waals surface area contributed by atoms with Crippen LogP contribution in [0.3, 0.4) is 0 Å². The third-order valence-corrected chi connectivity index (χ3v) is 2.83. The van der Waals surface area contributed by atoms with E-state index >= 15 is 0 Å². The molecule has 2 unspecified atom stereocenters. The first-order chi connectivity index (χ1) is 8.61. The standard InChI is InChI=1S/C8H17NO.C7H15NO/c1-6(2)5-7(3)8(10)9-4;1-5(2)4-6(3)7(8)9/h6-7H,5H2,1-4H3,(H,9,10);5-6H,4H2,1-3H3,(H2,8,9). The van der Waals surface area contributed by atoms with Crippen LogP contribution >= 0.6 is 0 Å². The average molecular weight is 272 g/mol. The number of primary amides is 1. The third kappa shape index (κ3) is 13.2. The molecule has 0 spiro atoms. The Bertz CT molecular complexity index is 263. The van der Waals surface area contributed by atoms with Crippen LogP contribution in [0.15, 0.2) is 0 Å². The number of amides is 2. The molecule has 4 nitrogen and oxygen atoms in total. The van der Waals surface area contributed by atoms with Gasteiger partial charge in [-0.3, -0.25) is 9.59 Å². The van der Waals surface area contributed by atoms with E-state index in [9.17, 15) is 9.59 Å². The van der Waals surface area contributed by atoms with E-state index in [2.05, 4.69) is 33.0 Å². The molecular formula is C15H32N2O2. The van der Waals surface area contributed by atoms with Gasteiger partial charge in [0.2, 0.25) is 11.8 Å². The molecule has 114 valence electrons. The molecule has 0 aromatic rings. The molecular weight excluding hydrogens is 240 g/mol. The van der Waals surface area contributed by atoms with Crippen LogP contribution in [0.1, 0.15) is 54.4 Å². The summed E-state index contributed by atoms with van der Waals surface area (Å²) in [6, 6.07) is 0. The van der Waals surface area contributed by atoms with Gasteiger partial charge in [0.05, 0.1) is 0 Å². The number of hydrogen-bond acceptors (Lipinski definition) is 2. The molecule has 3 N–H and O–H groups in total.